The second kappa shape index (κ2) is 5.32. The average molecular weight is 224 g/mol. The normalized spacial score (nSPS) is 13.6. The Balaban J connectivity index is 2.60. The molecule has 0 heterocycles. The topological polar surface area (TPSA) is 49.7 Å². The highest BCUT2D eigenvalue weighted by Crippen LogP contribution is 2.24. The molecule has 0 bridgehead atoms. The number of rotatable bonds is 5. The Morgan fingerprint density at radius 2 is 1.94 bits per heavy atom. The van der Waals surface area contributed by atoms with Crippen LogP contribution in [0, 0.1) is 0 Å². The number of aliphatic hydroxyl groups excluding tert-OH is 1. The highest BCUT2D eigenvalue weighted by atomic mass is 16.5. The van der Waals surface area contributed by atoms with Gasteiger partial charge in [0.1, 0.15) is 5.75 Å². The average Bonchev–Trinajstić information content (AvgIpc) is 2.16. The zero-order valence-corrected chi connectivity index (χ0v) is 10.1. The van der Waals surface area contributed by atoms with E-state index in [0.29, 0.717) is 18.8 Å². The summed E-state index contributed by atoms with van der Waals surface area (Å²) in [5.41, 5.74) is 0.0537. The fraction of sp³-hybridized carbons (Fsp3) is 0.538. The van der Waals surface area contributed by atoms with Gasteiger partial charge in [0, 0.05) is 12.0 Å². The number of hydrogen-bond acceptors (Lipinski definition) is 3. The van der Waals surface area contributed by atoms with E-state index in [0.717, 1.165) is 5.56 Å². The van der Waals surface area contributed by atoms with Crippen molar-refractivity contribution >= 4 is 0 Å². The predicted molar refractivity (Wildman–Crippen MR) is 63.5 cm³/mol. The summed E-state index contributed by atoms with van der Waals surface area (Å²) in [6, 6.07) is 7.40. The van der Waals surface area contributed by atoms with Crippen LogP contribution in [-0.2, 0) is 0 Å². The monoisotopic (exact) mass is 224 g/mol. The molecule has 1 aromatic carbocycles. The van der Waals surface area contributed by atoms with Gasteiger partial charge in [-0.05, 0) is 26.8 Å². The number of aliphatic hydroxyl groups is 2. The summed E-state index contributed by atoms with van der Waals surface area (Å²) >= 11 is 0. The van der Waals surface area contributed by atoms with Crippen molar-refractivity contribution in [2.45, 2.75) is 38.9 Å². The maximum Gasteiger partial charge on any atom is 0.125 e. The highest BCUT2D eigenvalue weighted by Gasteiger charge is 2.13. The van der Waals surface area contributed by atoms with E-state index in [1.807, 2.05) is 24.3 Å². The fourth-order valence-electron chi connectivity index (χ4n) is 1.37. The van der Waals surface area contributed by atoms with E-state index >= 15 is 0 Å². The van der Waals surface area contributed by atoms with E-state index in [1.54, 1.807) is 20.8 Å². The Kier molecular flexibility index (Phi) is 4.33. The van der Waals surface area contributed by atoms with Crippen molar-refractivity contribution in [2.75, 3.05) is 6.61 Å². The van der Waals surface area contributed by atoms with Gasteiger partial charge in [0.15, 0.2) is 0 Å². The third kappa shape index (κ3) is 4.21. The van der Waals surface area contributed by atoms with Crippen molar-refractivity contribution in [2.24, 2.45) is 0 Å². The van der Waals surface area contributed by atoms with Gasteiger partial charge < -0.3 is 14.9 Å². The van der Waals surface area contributed by atoms with Gasteiger partial charge in [-0.2, -0.15) is 0 Å². The Labute approximate surface area is 96.7 Å². The molecular formula is C13H20O3. The third-order valence-corrected chi connectivity index (χ3v) is 2.34. The molecule has 0 aromatic heterocycles. The van der Waals surface area contributed by atoms with Crippen molar-refractivity contribution in [1.82, 2.24) is 0 Å². The van der Waals surface area contributed by atoms with Crippen LogP contribution in [0.3, 0.4) is 0 Å². The molecule has 0 spiro atoms. The molecule has 0 aliphatic rings. The first-order valence-corrected chi connectivity index (χ1v) is 5.52. The molecule has 3 heteroatoms. The summed E-state index contributed by atoms with van der Waals surface area (Å²) in [7, 11) is 0. The largest absolute Gasteiger partial charge is 0.493 e. The minimum absolute atomic E-state index is 0.438. The van der Waals surface area contributed by atoms with Crippen molar-refractivity contribution in [3.63, 3.8) is 0 Å². The van der Waals surface area contributed by atoms with Crippen LogP contribution in [0.2, 0.25) is 0 Å². The summed E-state index contributed by atoms with van der Waals surface area (Å²) in [6.45, 7) is 5.64. The van der Waals surface area contributed by atoms with Crippen LogP contribution in [0.4, 0.5) is 0 Å². The molecule has 16 heavy (non-hydrogen) atoms. The van der Waals surface area contributed by atoms with E-state index < -0.39 is 11.7 Å². The molecule has 1 aromatic rings. The molecule has 0 saturated heterocycles. The summed E-state index contributed by atoms with van der Waals surface area (Å²) < 4.78 is 5.55. The second-order valence-corrected chi connectivity index (χ2v) is 4.62. The SMILES string of the molecule is C[C@H](O)c1ccccc1OCCC(C)(C)O. The molecule has 0 radical (unpaired) electrons. The molecule has 0 saturated carbocycles. The minimum atomic E-state index is -0.722. The van der Waals surface area contributed by atoms with Crippen LogP contribution < -0.4 is 4.74 Å². The Hall–Kier alpha value is -1.06. The van der Waals surface area contributed by atoms with Crippen LogP contribution in [0.1, 0.15) is 38.9 Å². The molecule has 0 unspecified atom stereocenters. The number of para-hydroxylation sites is 1. The van der Waals surface area contributed by atoms with E-state index in [-0.39, 0.29) is 0 Å². The van der Waals surface area contributed by atoms with Gasteiger partial charge in [0.2, 0.25) is 0 Å². The molecule has 0 amide bonds. The molecule has 0 aliphatic heterocycles. The van der Waals surface area contributed by atoms with Crippen molar-refractivity contribution in [1.29, 1.82) is 0 Å². The maximum absolute atomic E-state index is 9.54. The van der Waals surface area contributed by atoms with Gasteiger partial charge in [-0.25, -0.2) is 0 Å². The van der Waals surface area contributed by atoms with Crippen molar-refractivity contribution in [3.8, 4) is 5.75 Å². The van der Waals surface area contributed by atoms with Crippen molar-refractivity contribution < 1.29 is 14.9 Å². The Morgan fingerprint density at radius 1 is 1.31 bits per heavy atom. The second-order valence-electron chi connectivity index (χ2n) is 4.62. The summed E-state index contributed by atoms with van der Waals surface area (Å²) in [6.07, 6.45) is 0.0135. The number of hydrogen-bond donors (Lipinski definition) is 2. The third-order valence-electron chi connectivity index (χ3n) is 2.34. The molecule has 1 rings (SSSR count). The predicted octanol–water partition coefficient (Wildman–Crippen LogP) is 2.28. The van der Waals surface area contributed by atoms with Crippen LogP contribution >= 0.6 is 0 Å². The zero-order chi connectivity index (χ0) is 12.2. The Morgan fingerprint density at radius 3 is 2.50 bits per heavy atom. The van der Waals surface area contributed by atoms with Gasteiger partial charge >= 0.3 is 0 Å². The minimum Gasteiger partial charge on any atom is -0.493 e. The summed E-state index contributed by atoms with van der Waals surface area (Å²) in [4.78, 5) is 0. The lowest BCUT2D eigenvalue weighted by atomic mass is 10.1. The lowest BCUT2D eigenvalue weighted by Crippen LogP contribution is -2.22. The molecule has 3 nitrogen and oxygen atoms in total. The van der Waals surface area contributed by atoms with Crippen LogP contribution in [0.15, 0.2) is 24.3 Å². The van der Waals surface area contributed by atoms with Gasteiger partial charge in [0.05, 0.1) is 18.3 Å². The first kappa shape index (κ1) is 13.0. The van der Waals surface area contributed by atoms with Crippen LogP contribution in [0.5, 0.6) is 5.75 Å². The van der Waals surface area contributed by atoms with E-state index in [1.165, 1.54) is 0 Å². The van der Waals surface area contributed by atoms with E-state index in [2.05, 4.69) is 0 Å². The fourth-order valence-corrected chi connectivity index (χ4v) is 1.37. The molecule has 90 valence electrons. The summed E-state index contributed by atoms with van der Waals surface area (Å²) in [5.74, 6) is 0.682. The number of benzene rings is 1. The zero-order valence-electron chi connectivity index (χ0n) is 10.1. The lowest BCUT2D eigenvalue weighted by Gasteiger charge is -2.18. The Bertz CT molecular complexity index is 326. The van der Waals surface area contributed by atoms with Gasteiger partial charge in [0.25, 0.3) is 0 Å². The first-order chi connectivity index (χ1) is 7.40. The smallest absolute Gasteiger partial charge is 0.125 e. The highest BCUT2D eigenvalue weighted by molar-refractivity contribution is 5.34. The number of ether oxygens (including phenoxy) is 1. The first-order valence-electron chi connectivity index (χ1n) is 5.52. The van der Waals surface area contributed by atoms with Gasteiger partial charge in [-0.3, -0.25) is 0 Å². The van der Waals surface area contributed by atoms with E-state index in [9.17, 15) is 10.2 Å². The maximum atomic E-state index is 9.54. The lowest BCUT2D eigenvalue weighted by molar-refractivity contribution is 0.0548. The molecule has 0 fully saturated rings. The molecule has 2 N–H and O–H groups in total. The summed E-state index contributed by atoms with van der Waals surface area (Å²) in [5, 5.41) is 19.1. The van der Waals surface area contributed by atoms with Crippen LogP contribution in [0.25, 0.3) is 0 Å². The van der Waals surface area contributed by atoms with Gasteiger partial charge in [-0.15, -0.1) is 0 Å². The van der Waals surface area contributed by atoms with Crippen LogP contribution in [-0.4, -0.2) is 22.4 Å². The van der Waals surface area contributed by atoms with E-state index in [4.69, 9.17) is 4.74 Å². The van der Waals surface area contributed by atoms with Gasteiger partial charge in [-0.1, -0.05) is 18.2 Å². The quantitative estimate of drug-likeness (QED) is 0.806. The molecule has 0 aliphatic carbocycles. The standard InChI is InChI=1S/C13H20O3/c1-10(14)11-6-4-5-7-12(11)16-9-8-13(2,3)15/h4-7,10,14-15H,8-9H2,1-3H3/t10-/m0/s1. The molecular weight excluding hydrogens is 204 g/mol. The molecule has 1 atom stereocenters. The van der Waals surface area contributed by atoms with Crippen molar-refractivity contribution in [3.05, 3.63) is 29.8 Å².